The van der Waals surface area contributed by atoms with Gasteiger partial charge in [-0.15, -0.1) is 0 Å². The van der Waals surface area contributed by atoms with Crippen LogP contribution in [0.15, 0.2) is 0 Å². The lowest BCUT2D eigenvalue weighted by molar-refractivity contribution is 0.0709. The van der Waals surface area contributed by atoms with E-state index in [2.05, 4.69) is 16.8 Å². The number of rotatable bonds is 4. The smallest absolute Gasteiger partial charge is 0.268 e. The first-order valence-corrected chi connectivity index (χ1v) is 8.20. The quantitative estimate of drug-likeness (QED) is 0.924. The van der Waals surface area contributed by atoms with Gasteiger partial charge in [0.05, 0.1) is 0 Å². The van der Waals surface area contributed by atoms with Gasteiger partial charge in [-0.2, -0.15) is 0 Å². The SMILES string of the molecule is CCCN(C)c1nc(N)c(C(=O)N2CC3CCC2C3)s1. The van der Waals surface area contributed by atoms with Crippen LogP contribution in [0.25, 0.3) is 0 Å². The molecule has 1 aromatic rings. The van der Waals surface area contributed by atoms with Gasteiger partial charge in [0.2, 0.25) is 0 Å². The Labute approximate surface area is 123 Å². The largest absolute Gasteiger partial charge is 0.382 e. The number of likely N-dealkylation sites (tertiary alicyclic amines) is 1. The molecule has 2 N–H and O–H groups in total. The van der Waals surface area contributed by atoms with Crippen LogP contribution in [0.1, 0.15) is 42.3 Å². The first-order chi connectivity index (χ1) is 9.60. The van der Waals surface area contributed by atoms with Crippen molar-refractivity contribution in [3.05, 3.63) is 4.88 Å². The van der Waals surface area contributed by atoms with Crippen LogP contribution >= 0.6 is 11.3 Å². The van der Waals surface area contributed by atoms with E-state index in [0.717, 1.165) is 31.1 Å². The van der Waals surface area contributed by atoms with Crippen molar-refractivity contribution in [3.63, 3.8) is 0 Å². The van der Waals surface area contributed by atoms with Crippen LogP contribution in [0.4, 0.5) is 10.9 Å². The van der Waals surface area contributed by atoms with Gasteiger partial charge in [-0.1, -0.05) is 18.3 Å². The molecule has 6 heteroatoms. The predicted molar refractivity (Wildman–Crippen MR) is 82.3 cm³/mol. The van der Waals surface area contributed by atoms with Gasteiger partial charge >= 0.3 is 0 Å². The number of hydrogen-bond donors (Lipinski definition) is 1. The molecule has 2 aliphatic rings. The molecular weight excluding hydrogens is 272 g/mol. The number of anilines is 2. The van der Waals surface area contributed by atoms with Gasteiger partial charge in [0.15, 0.2) is 5.13 Å². The molecule has 20 heavy (non-hydrogen) atoms. The Morgan fingerprint density at radius 2 is 2.35 bits per heavy atom. The minimum atomic E-state index is 0.0864. The highest BCUT2D eigenvalue weighted by molar-refractivity contribution is 7.18. The summed E-state index contributed by atoms with van der Waals surface area (Å²) in [6, 6.07) is 0.436. The van der Waals surface area contributed by atoms with E-state index in [-0.39, 0.29) is 5.91 Å². The highest BCUT2D eigenvalue weighted by Gasteiger charge is 2.41. The van der Waals surface area contributed by atoms with E-state index >= 15 is 0 Å². The molecule has 110 valence electrons. The Balaban J connectivity index is 1.78. The van der Waals surface area contributed by atoms with Crippen molar-refractivity contribution in [2.75, 3.05) is 30.8 Å². The van der Waals surface area contributed by atoms with Crippen molar-refractivity contribution < 1.29 is 4.79 Å². The maximum Gasteiger partial charge on any atom is 0.268 e. The number of carbonyl (C=O) groups excluding carboxylic acids is 1. The summed E-state index contributed by atoms with van der Waals surface area (Å²) in [5.41, 5.74) is 5.97. The van der Waals surface area contributed by atoms with Gasteiger partial charge < -0.3 is 15.5 Å². The number of thiazole rings is 1. The number of nitrogens with zero attached hydrogens (tertiary/aromatic N) is 3. The highest BCUT2D eigenvalue weighted by Crippen LogP contribution is 2.39. The van der Waals surface area contributed by atoms with E-state index in [1.165, 1.54) is 24.2 Å². The lowest BCUT2D eigenvalue weighted by atomic mass is 10.1. The number of nitrogens with two attached hydrogens (primary N) is 1. The Morgan fingerprint density at radius 3 is 2.95 bits per heavy atom. The third-order valence-electron chi connectivity index (χ3n) is 4.39. The second kappa shape index (κ2) is 5.24. The first-order valence-electron chi connectivity index (χ1n) is 7.38. The fourth-order valence-electron chi connectivity index (χ4n) is 3.37. The number of hydrogen-bond acceptors (Lipinski definition) is 5. The lowest BCUT2D eigenvalue weighted by Crippen LogP contribution is -2.37. The molecule has 2 atom stereocenters. The monoisotopic (exact) mass is 294 g/mol. The first kappa shape index (κ1) is 13.7. The van der Waals surface area contributed by atoms with Crippen LogP contribution in [0.5, 0.6) is 0 Å². The van der Waals surface area contributed by atoms with E-state index in [9.17, 15) is 4.79 Å². The molecule has 2 heterocycles. The third kappa shape index (κ3) is 2.26. The van der Waals surface area contributed by atoms with Crippen LogP contribution in [-0.4, -0.2) is 42.0 Å². The van der Waals surface area contributed by atoms with Gasteiger partial charge in [-0.05, 0) is 31.6 Å². The van der Waals surface area contributed by atoms with Crippen molar-refractivity contribution in [3.8, 4) is 0 Å². The summed E-state index contributed by atoms with van der Waals surface area (Å²) in [5, 5.41) is 0.844. The molecule has 0 spiro atoms. The number of amides is 1. The van der Waals surface area contributed by atoms with Crippen LogP contribution < -0.4 is 10.6 Å². The molecule has 1 aliphatic heterocycles. The van der Waals surface area contributed by atoms with Crippen LogP contribution in [0, 0.1) is 5.92 Å². The molecule has 1 amide bonds. The standard InChI is InChI=1S/C14H22N4OS/c1-3-6-17(2)14-16-12(15)11(20-14)13(19)18-8-9-4-5-10(18)7-9/h9-10H,3-8,15H2,1-2H3. The van der Waals surface area contributed by atoms with Crippen molar-refractivity contribution in [1.82, 2.24) is 9.88 Å². The zero-order valence-corrected chi connectivity index (χ0v) is 12.9. The fourth-order valence-corrected chi connectivity index (χ4v) is 4.30. The Hall–Kier alpha value is -1.30. The third-order valence-corrected chi connectivity index (χ3v) is 5.57. The van der Waals surface area contributed by atoms with Crippen LogP contribution in [0.2, 0.25) is 0 Å². The lowest BCUT2D eigenvalue weighted by Gasteiger charge is -2.26. The fraction of sp³-hybridized carbons (Fsp3) is 0.714. The van der Waals surface area contributed by atoms with Gasteiger partial charge in [-0.25, -0.2) is 4.98 Å². The Bertz CT molecular complexity index is 515. The topological polar surface area (TPSA) is 62.5 Å². The summed E-state index contributed by atoms with van der Waals surface area (Å²) >= 11 is 1.43. The predicted octanol–water partition coefficient (Wildman–Crippen LogP) is 2.20. The van der Waals surface area contributed by atoms with Crippen molar-refractivity contribution in [2.24, 2.45) is 5.92 Å². The van der Waals surface area contributed by atoms with E-state index in [0.29, 0.717) is 22.7 Å². The van der Waals surface area contributed by atoms with Crippen molar-refractivity contribution in [2.45, 2.75) is 38.6 Å². The summed E-state index contributed by atoms with van der Waals surface area (Å²) in [7, 11) is 1.99. The normalized spacial score (nSPS) is 24.4. The summed E-state index contributed by atoms with van der Waals surface area (Å²) in [6.45, 7) is 3.95. The molecule has 2 bridgehead atoms. The van der Waals surface area contributed by atoms with E-state index in [1.54, 1.807) is 0 Å². The molecule has 0 aromatic carbocycles. The zero-order chi connectivity index (χ0) is 14.3. The van der Waals surface area contributed by atoms with E-state index in [4.69, 9.17) is 5.73 Å². The van der Waals surface area contributed by atoms with Crippen molar-refractivity contribution in [1.29, 1.82) is 0 Å². The second-order valence-corrected chi connectivity index (χ2v) is 6.90. The minimum absolute atomic E-state index is 0.0864. The van der Waals surface area contributed by atoms with Gasteiger partial charge in [0.25, 0.3) is 5.91 Å². The maximum absolute atomic E-state index is 12.6. The van der Waals surface area contributed by atoms with Crippen LogP contribution in [-0.2, 0) is 0 Å². The average Bonchev–Trinajstić information content (AvgIpc) is 3.12. The number of nitrogen functional groups attached to an aromatic ring is 1. The average molecular weight is 294 g/mol. The molecule has 1 aromatic heterocycles. The summed E-state index contributed by atoms with van der Waals surface area (Å²) in [5.74, 6) is 1.18. The Kier molecular flexibility index (Phi) is 3.58. The second-order valence-electron chi connectivity index (χ2n) is 5.92. The van der Waals surface area contributed by atoms with E-state index < -0.39 is 0 Å². The number of fused-ring (bicyclic) bond motifs is 2. The maximum atomic E-state index is 12.6. The number of carbonyl (C=O) groups is 1. The molecule has 1 saturated heterocycles. The number of piperidine rings is 1. The van der Waals surface area contributed by atoms with Gasteiger partial charge in [0.1, 0.15) is 10.7 Å². The molecule has 0 radical (unpaired) electrons. The summed E-state index contributed by atoms with van der Waals surface area (Å²) < 4.78 is 0. The minimum Gasteiger partial charge on any atom is -0.382 e. The molecule has 3 rings (SSSR count). The molecule has 1 aliphatic carbocycles. The molecule has 2 fully saturated rings. The molecule has 1 saturated carbocycles. The summed E-state index contributed by atoms with van der Waals surface area (Å²) in [4.78, 5) is 21.7. The van der Waals surface area contributed by atoms with Crippen molar-refractivity contribution >= 4 is 28.2 Å². The zero-order valence-electron chi connectivity index (χ0n) is 12.1. The Morgan fingerprint density at radius 1 is 1.55 bits per heavy atom. The molecular formula is C14H22N4OS. The van der Waals surface area contributed by atoms with Crippen LogP contribution in [0.3, 0.4) is 0 Å². The van der Waals surface area contributed by atoms with E-state index in [1.807, 2.05) is 11.9 Å². The van der Waals surface area contributed by atoms with Gasteiger partial charge in [0, 0.05) is 26.2 Å². The molecule has 2 unspecified atom stereocenters. The highest BCUT2D eigenvalue weighted by atomic mass is 32.1. The summed E-state index contributed by atoms with van der Waals surface area (Å²) in [6.07, 6.45) is 4.65. The molecule has 5 nitrogen and oxygen atoms in total. The van der Waals surface area contributed by atoms with Gasteiger partial charge in [-0.3, -0.25) is 4.79 Å². The number of aromatic nitrogens is 1.